The SMILES string of the molecule is CCc1nnc(N2CCCC2CO)c(C(=N)N)c1CC. The van der Waals surface area contributed by atoms with Crippen LogP contribution in [-0.4, -0.2) is 40.3 Å². The Morgan fingerprint density at radius 2 is 2.15 bits per heavy atom. The highest BCUT2D eigenvalue weighted by molar-refractivity contribution is 6.01. The van der Waals surface area contributed by atoms with Crippen LogP contribution in [-0.2, 0) is 12.8 Å². The lowest BCUT2D eigenvalue weighted by molar-refractivity contribution is 0.266. The summed E-state index contributed by atoms with van der Waals surface area (Å²) in [6, 6.07) is 0.0552. The predicted molar refractivity (Wildman–Crippen MR) is 79.3 cm³/mol. The van der Waals surface area contributed by atoms with Gasteiger partial charge in [0.05, 0.1) is 23.9 Å². The minimum absolute atomic E-state index is 0.0324. The van der Waals surface area contributed by atoms with E-state index in [0.29, 0.717) is 11.4 Å². The van der Waals surface area contributed by atoms with E-state index in [-0.39, 0.29) is 18.5 Å². The van der Waals surface area contributed by atoms with E-state index in [1.807, 2.05) is 18.7 Å². The van der Waals surface area contributed by atoms with E-state index in [1.165, 1.54) is 0 Å². The van der Waals surface area contributed by atoms with Crippen molar-refractivity contribution in [3.8, 4) is 0 Å². The van der Waals surface area contributed by atoms with Gasteiger partial charge >= 0.3 is 0 Å². The summed E-state index contributed by atoms with van der Waals surface area (Å²) in [6.07, 6.45) is 3.51. The van der Waals surface area contributed by atoms with Crippen LogP contribution < -0.4 is 10.6 Å². The lowest BCUT2D eigenvalue weighted by Gasteiger charge is -2.27. The minimum atomic E-state index is 0.0324. The Labute approximate surface area is 119 Å². The number of nitrogen functional groups attached to an aromatic ring is 1. The summed E-state index contributed by atoms with van der Waals surface area (Å²) in [5.74, 6) is 0.688. The molecule has 110 valence electrons. The van der Waals surface area contributed by atoms with Crippen molar-refractivity contribution in [1.82, 2.24) is 10.2 Å². The van der Waals surface area contributed by atoms with E-state index < -0.39 is 0 Å². The van der Waals surface area contributed by atoms with Gasteiger partial charge in [-0.15, -0.1) is 5.10 Å². The van der Waals surface area contributed by atoms with Gasteiger partial charge in [-0.2, -0.15) is 5.10 Å². The van der Waals surface area contributed by atoms with Crippen LogP contribution in [0.25, 0.3) is 0 Å². The quantitative estimate of drug-likeness (QED) is 0.547. The summed E-state index contributed by atoms with van der Waals surface area (Å²) in [4.78, 5) is 2.04. The Bertz CT molecular complexity index is 503. The van der Waals surface area contributed by atoms with E-state index in [0.717, 1.165) is 43.5 Å². The summed E-state index contributed by atoms with van der Waals surface area (Å²) in [5.41, 5.74) is 8.40. The molecular weight excluding hydrogens is 254 g/mol. The zero-order chi connectivity index (χ0) is 14.7. The number of amidine groups is 1. The van der Waals surface area contributed by atoms with Crippen molar-refractivity contribution in [2.75, 3.05) is 18.1 Å². The first-order valence-corrected chi connectivity index (χ1v) is 7.24. The van der Waals surface area contributed by atoms with Gasteiger partial charge in [-0.25, -0.2) is 0 Å². The summed E-state index contributed by atoms with van der Waals surface area (Å²) in [7, 11) is 0. The third kappa shape index (κ3) is 2.47. The monoisotopic (exact) mass is 277 g/mol. The van der Waals surface area contributed by atoms with Gasteiger partial charge in [0, 0.05) is 6.54 Å². The maximum absolute atomic E-state index is 9.48. The maximum atomic E-state index is 9.48. The van der Waals surface area contributed by atoms with Gasteiger partial charge in [-0.1, -0.05) is 13.8 Å². The molecule has 1 aromatic heterocycles. The molecule has 0 spiro atoms. The molecule has 0 aromatic carbocycles. The molecule has 6 heteroatoms. The second-order valence-corrected chi connectivity index (χ2v) is 5.12. The Morgan fingerprint density at radius 1 is 1.40 bits per heavy atom. The van der Waals surface area contributed by atoms with Gasteiger partial charge in [0.1, 0.15) is 5.84 Å². The van der Waals surface area contributed by atoms with E-state index in [1.54, 1.807) is 0 Å². The number of anilines is 1. The number of aliphatic hydroxyl groups excluding tert-OH is 1. The lowest BCUT2D eigenvalue weighted by Crippen LogP contribution is -2.35. The lowest BCUT2D eigenvalue weighted by atomic mass is 10.0. The number of aliphatic hydroxyl groups is 1. The summed E-state index contributed by atoms with van der Waals surface area (Å²) in [6.45, 7) is 4.99. The molecule has 0 saturated carbocycles. The van der Waals surface area contributed by atoms with Crippen LogP contribution in [0.4, 0.5) is 5.82 Å². The molecule has 0 aliphatic carbocycles. The highest BCUT2D eigenvalue weighted by Crippen LogP contribution is 2.29. The number of rotatable bonds is 5. The molecule has 6 nitrogen and oxygen atoms in total. The first-order chi connectivity index (χ1) is 9.63. The second kappa shape index (κ2) is 6.17. The summed E-state index contributed by atoms with van der Waals surface area (Å²) in [5, 5.41) is 26.0. The van der Waals surface area contributed by atoms with Crippen LogP contribution in [0.15, 0.2) is 0 Å². The Balaban J connectivity index is 2.55. The molecule has 1 aliphatic heterocycles. The fourth-order valence-electron chi connectivity index (χ4n) is 2.95. The third-order valence-electron chi connectivity index (χ3n) is 3.96. The van der Waals surface area contributed by atoms with Crippen molar-refractivity contribution in [2.24, 2.45) is 5.73 Å². The molecule has 1 atom stereocenters. The first-order valence-electron chi connectivity index (χ1n) is 7.24. The molecule has 1 aromatic rings. The van der Waals surface area contributed by atoms with Gasteiger partial charge in [0.15, 0.2) is 5.82 Å². The van der Waals surface area contributed by atoms with E-state index in [2.05, 4.69) is 10.2 Å². The molecule has 1 fully saturated rings. The summed E-state index contributed by atoms with van der Waals surface area (Å²) < 4.78 is 0. The van der Waals surface area contributed by atoms with Crippen molar-refractivity contribution < 1.29 is 5.11 Å². The molecular formula is C14H23N5O. The van der Waals surface area contributed by atoms with Gasteiger partial charge in [0.2, 0.25) is 0 Å². The van der Waals surface area contributed by atoms with E-state index in [4.69, 9.17) is 11.1 Å². The first kappa shape index (κ1) is 14.7. The number of nitrogens with zero attached hydrogens (tertiary/aromatic N) is 3. The Morgan fingerprint density at radius 3 is 2.70 bits per heavy atom. The number of nitrogens with two attached hydrogens (primary N) is 1. The van der Waals surface area contributed by atoms with Crippen molar-refractivity contribution in [3.05, 3.63) is 16.8 Å². The summed E-state index contributed by atoms with van der Waals surface area (Å²) >= 11 is 0. The van der Waals surface area contributed by atoms with Crippen LogP contribution in [0.5, 0.6) is 0 Å². The molecule has 0 amide bonds. The molecule has 0 radical (unpaired) electrons. The molecule has 1 saturated heterocycles. The fraction of sp³-hybridized carbons (Fsp3) is 0.643. The molecule has 1 aliphatic rings. The fourth-order valence-corrected chi connectivity index (χ4v) is 2.95. The third-order valence-corrected chi connectivity index (χ3v) is 3.96. The van der Waals surface area contributed by atoms with E-state index >= 15 is 0 Å². The van der Waals surface area contributed by atoms with Crippen LogP contribution in [0.2, 0.25) is 0 Å². The highest BCUT2D eigenvalue weighted by Gasteiger charge is 2.29. The average Bonchev–Trinajstić information content (AvgIpc) is 2.93. The van der Waals surface area contributed by atoms with Gasteiger partial charge in [0.25, 0.3) is 0 Å². The molecule has 2 heterocycles. The number of hydrogen-bond acceptors (Lipinski definition) is 5. The van der Waals surface area contributed by atoms with Gasteiger partial charge in [-0.05, 0) is 31.2 Å². The normalized spacial score (nSPS) is 18.6. The standard InChI is InChI=1S/C14H23N5O/c1-3-10-11(4-2)17-18-14(12(10)13(15)16)19-7-5-6-9(19)8-20/h9,20H,3-8H2,1-2H3,(H3,15,16). The predicted octanol–water partition coefficient (Wildman–Crippen LogP) is 0.847. The Hall–Kier alpha value is -1.69. The largest absolute Gasteiger partial charge is 0.394 e. The Kier molecular flexibility index (Phi) is 4.54. The number of nitrogens with one attached hydrogen (secondary N) is 1. The van der Waals surface area contributed by atoms with Crippen molar-refractivity contribution in [3.63, 3.8) is 0 Å². The molecule has 1 unspecified atom stereocenters. The van der Waals surface area contributed by atoms with Gasteiger partial charge < -0.3 is 15.7 Å². The number of hydrogen-bond donors (Lipinski definition) is 3. The zero-order valence-electron chi connectivity index (χ0n) is 12.2. The second-order valence-electron chi connectivity index (χ2n) is 5.12. The topological polar surface area (TPSA) is 99.1 Å². The molecule has 4 N–H and O–H groups in total. The van der Waals surface area contributed by atoms with Crippen LogP contribution in [0, 0.1) is 5.41 Å². The van der Waals surface area contributed by atoms with Crippen LogP contribution in [0.3, 0.4) is 0 Å². The van der Waals surface area contributed by atoms with Crippen molar-refractivity contribution >= 4 is 11.7 Å². The zero-order valence-corrected chi connectivity index (χ0v) is 12.2. The van der Waals surface area contributed by atoms with Crippen LogP contribution >= 0.6 is 0 Å². The molecule has 0 bridgehead atoms. The maximum Gasteiger partial charge on any atom is 0.162 e. The molecule has 2 rings (SSSR count). The van der Waals surface area contributed by atoms with Crippen molar-refractivity contribution in [1.29, 1.82) is 5.41 Å². The number of aryl methyl sites for hydroxylation is 1. The average molecular weight is 277 g/mol. The van der Waals surface area contributed by atoms with Crippen molar-refractivity contribution in [2.45, 2.75) is 45.6 Å². The van der Waals surface area contributed by atoms with Gasteiger partial charge in [-0.3, -0.25) is 5.41 Å². The smallest absolute Gasteiger partial charge is 0.162 e. The number of aromatic nitrogens is 2. The van der Waals surface area contributed by atoms with E-state index in [9.17, 15) is 5.11 Å². The minimum Gasteiger partial charge on any atom is -0.394 e. The molecule has 20 heavy (non-hydrogen) atoms. The highest BCUT2D eigenvalue weighted by atomic mass is 16.3. The van der Waals surface area contributed by atoms with Crippen LogP contribution in [0.1, 0.15) is 43.5 Å².